The molecular weight excluding hydrogens is 552 g/mol. The van der Waals surface area contributed by atoms with Gasteiger partial charge in [0.05, 0.1) is 37.4 Å². The number of aliphatic hydroxyl groups is 1. The lowest BCUT2D eigenvalue weighted by Crippen LogP contribution is -2.71. The van der Waals surface area contributed by atoms with Crippen molar-refractivity contribution in [2.45, 2.75) is 110 Å². The first kappa shape index (κ1) is 30.6. The number of rotatable bonds is 5. The van der Waals surface area contributed by atoms with E-state index < -0.39 is 58.9 Å². The summed E-state index contributed by atoms with van der Waals surface area (Å²) in [6, 6.07) is 1.99. The van der Waals surface area contributed by atoms with E-state index in [-0.39, 0.29) is 23.9 Å². The van der Waals surface area contributed by atoms with Gasteiger partial charge in [0.1, 0.15) is 12.2 Å². The first-order chi connectivity index (χ1) is 20.3. The van der Waals surface area contributed by atoms with E-state index in [0.29, 0.717) is 31.4 Å². The van der Waals surface area contributed by atoms with Gasteiger partial charge in [-0.2, -0.15) is 0 Å². The molecule has 0 bridgehead atoms. The smallest absolute Gasteiger partial charge is 0.333 e. The van der Waals surface area contributed by atoms with Crippen LogP contribution in [0.25, 0.3) is 0 Å². The number of ether oxygens (including phenoxy) is 5. The summed E-state index contributed by atoms with van der Waals surface area (Å²) in [6.45, 7) is 13.8. The monoisotopic (exact) mass is 598 g/mol. The Morgan fingerprint density at radius 2 is 1.84 bits per heavy atom. The lowest BCUT2D eigenvalue weighted by atomic mass is 9.39. The van der Waals surface area contributed by atoms with E-state index in [0.717, 1.165) is 16.7 Å². The van der Waals surface area contributed by atoms with Crippen LogP contribution in [0.15, 0.2) is 45.8 Å². The third-order valence-electron chi connectivity index (χ3n) is 12.1. The molecule has 2 saturated heterocycles. The van der Waals surface area contributed by atoms with Crippen LogP contribution in [0.1, 0.15) is 79.2 Å². The van der Waals surface area contributed by atoms with Crippen molar-refractivity contribution in [3.63, 3.8) is 0 Å². The zero-order valence-electron chi connectivity index (χ0n) is 26.5. The predicted octanol–water partition coefficient (Wildman–Crippen LogP) is 5.08. The van der Waals surface area contributed by atoms with Gasteiger partial charge in [0, 0.05) is 60.5 Å². The molecule has 2 saturated carbocycles. The molecule has 2 aliphatic heterocycles. The Bertz CT molecular complexity index is 1330. The zero-order chi connectivity index (χ0) is 31.1. The van der Waals surface area contributed by atoms with Crippen molar-refractivity contribution in [3.8, 4) is 0 Å². The number of allylic oxidation sites excluding steroid dienone is 2. The Labute approximate surface area is 253 Å². The van der Waals surface area contributed by atoms with E-state index in [1.165, 1.54) is 6.92 Å². The average Bonchev–Trinajstić information content (AvgIpc) is 3.68. The molecule has 12 unspecified atom stereocenters. The van der Waals surface area contributed by atoms with Crippen LogP contribution in [0.3, 0.4) is 0 Å². The molecule has 5 aliphatic rings. The largest absolute Gasteiger partial charge is 0.472 e. The number of methoxy groups -OCH3 is 1. The highest BCUT2D eigenvalue weighted by Crippen LogP contribution is 2.72. The molecule has 1 aromatic heterocycles. The van der Waals surface area contributed by atoms with Crippen molar-refractivity contribution in [1.29, 1.82) is 0 Å². The molecule has 0 amide bonds. The summed E-state index contributed by atoms with van der Waals surface area (Å²) >= 11 is 0. The van der Waals surface area contributed by atoms with Crippen LogP contribution < -0.4 is 0 Å². The number of hydrogen-bond acceptors (Lipinski definition) is 9. The number of furan rings is 1. The van der Waals surface area contributed by atoms with Crippen LogP contribution in [0, 0.1) is 28.1 Å². The number of carbonyl (C=O) groups excluding carboxylic acids is 2. The van der Waals surface area contributed by atoms with Gasteiger partial charge in [-0.15, -0.1) is 0 Å². The third kappa shape index (κ3) is 4.25. The molecule has 236 valence electrons. The predicted molar refractivity (Wildman–Crippen MR) is 156 cm³/mol. The molecule has 0 radical (unpaired) electrons. The first-order valence-electron chi connectivity index (χ1n) is 15.5. The highest BCUT2D eigenvalue weighted by Gasteiger charge is 2.76. The zero-order valence-corrected chi connectivity index (χ0v) is 26.5. The van der Waals surface area contributed by atoms with Crippen LogP contribution in [0.2, 0.25) is 0 Å². The Hall–Kier alpha value is -2.46. The van der Waals surface area contributed by atoms with Gasteiger partial charge in [-0.3, -0.25) is 4.79 Å². The Kier molecular flexibility index (Phi) is 7.51. The number of carbonyl (C=O) groups is 2. The fourth-order valence-corrected chi connectivity index (χ4v) is 10.1. The minimum atomic E-state index is -0.878. The maximum atomic E-state index is 13.4. The van der Waals surface area contributed by atoms with E-state index in [9.17, 15) is 14.7 Å². The SMILES string of the molecule is CC=C(C)C(=O)OC1CC(OC(C)=O)C2(C)COC3C(O)C4(C)C5=C(C)C(c6ccoc6)CC5OC(OC)CC4C1(C)C32. The summed E-state index contributed by atoms with van der Waals surface area (Å²) in [5, 5.41) is 12.5. The van der Waals surface area contributed by atoms with E-state index >= 15 is 0 Å². The molecule has 6 rings (SSSR count). The summed E-state index contributed by atoms with van der Waals surface area (Å²) in [5.41, 5.74) is 1.75. The van der Waals surface area contributed by atoms with Gasteiger partial charge < -0.3 is 33.2 Å². The van der Waals surface area contributed by atoms with E-state index in [4.69, 9.17) is 28.1 Å². The van der Waals surface area contributed by atoms with Crippen molar-refractivity contribution in [1.82, 2.24) is 0 Å². The second kappa shape index (κ2) is 10.6. The lowest BCUT2D eigenvalue weighted by Gasteiger charge is -2.66. The molecule has 1 N–H and O–H groups in total. The van der Waals surface area contributed by atoms with Crippen LogP contribution in [0.5, 0.6) is 0 Å². The maximum absolute atomic E-state index is 13.4. The maximum Gasteiger partial charge on any atom is 0.333 e. The van der Waals surface area contributed by atoms with Crippen molar-refractivity contribution >= 4 is 11.9 Å². The standard InChI is InChI=1S/C34H46O9/c1-9-17(2)31(37)43-25-14-24(41-19(4)35)32(5)16-40-28-29(32)33(25,6)23-13-26(38-8)42-22-12-21(20-10-11-39-15-20)18(3)27(22)34(23,7)30(28)36/h9-11,15,21-26,28-30,36H,12-14,16H2,1-8H3. The van der Waals surface area contributed by atoms with Gasteiger partial charge in [-0.1, -0.05) is 32.4 Å². The van der Waals surface area contributed by atoms with Crippen LogP contribution in [0.4, 0.5) is 0 Å². The first-order valence-corrected chi connectivity index (χ1v) is 15.5. The average molecular weight is 599 g/mol. The molecule has 0 spiro atoms. The Balaban J connectivity index is 1.55. The minimum Gasteiger partial charge on any atom is -0.472 e. The fraction of sp³-hybridized carbons (Fsp3) is 0.706. The lowest BCUT2D eigenvalue weighted by molar-refractivity contribution is -0.259. The molecule has 3 aliphatic carbocycles. The molecule has 1 aromatic rings. The summed E-state index contributed by atoms with van der Waals surface area (Å²) in [7, 11) is 1.66. The van der Waals surface area contributed by atoms with Gasteiger partial charge in [-0.25, -0.2) is 4.79 Å². The summed E-state index contributed by atoms with van der Waals surface area (Å²) in [5.74, 6) is -1.20. The molecule has 0 aromatic carbocycles. The molecule has 12 atom stereocenters. The van der Waals surface area contributed by atoms with Crippen LogP contribution in [-0.4, -0.2) is 67.6 Å². The molecule has 43 heavy (non-hydrogen) atoms. The topological polar surface area (TPSA) is 114 Å². The minimum absolute atomic E-state index is 0.0741. The van der Waals surface area contributed by atoms with Crippen molar-refractivity contribution in [3.05, 3.63) is 47.0 Å². The second-order valence-electron chi connectivity index (χ2n) is 14.1. The quantitative estimate of drug-likeness (QED) is 0.282. The fourth-order valence-electron chi connectivity index (χ4n) is 10.1. The van der Waals surface area contributed by atoms with Gasteiger partial charge >= 0.3 is 11.9 Å². The number of esters is 2. The van der Waals surface area contributed by atoms with Crippen molar-refractivity contribution < 1.29 is 42.8 Å². The molecule has 3 heterocycles. The van der Waals surface area contributed by atoms with E-state index in [1.807, 2.05) is 13.0 Å². The summed E-state index contributed by atoms with van der Waals surface area (Å²) in [6.07, 6.45) is 3.36. The Morgan fingerprint density at radius 1 is 1.09 bits per heavy atom. The van der Waals surface area contributed by atoms with Crippen molar-refractivity contribution in [2.75, 3.05) is 13.7 Å². The van der Waals surface area contributed by atoms with Gasteiger partial charge in [0.25, 0.3) is 0 Å². The van der Waals surface area contributed by atoms with Gasteiger partial charge in [0.15, 0.2) is 6.29 Å². The van der Waals surface area contributed by atoms with Gasteiger partial charge in [-0.05, 0) is 50.3 Å². The normalized spacial score (nSPS) is 45.6. The third-order valence-corrected chi connectivity index (χ3v) is 12.1. The Morgan fingerprint density at radius 3 is 2.47 bits per heavy atom. The highest BCUT2D eigenvalue weighted by molar-refractivity contribution is 5.87. The molecule has 9 heteroatoms. The number of hydrogen-bond donors (Lipinski definition) is 1. The van der Waals surface area contributed by atoms with E-state index in [1.54, 1.807) is 32.6 Å². The number of fused-ring (bicyclic) bond motifs is 4. The summed E-state index contributed by atoms with van der Waals surface area (Å²) in [4.78, 5) is 25.7. The van der Waals surface area contributed by atoms with Crippen molar-refractivity contribution in [2.24, 2.45) is 28.1 Å². The van der Waals surface area contributed by atoms with Crippen LogP contribution in [-0.2, 0) is 33.3 Å². The molecular formula is C34H46O9. The van der Waals surface area contributed by atoms with Gasteiger partial charge in [0.2, 0.25) is 0 Å². The molecule has 9 nitrogen and oxygen atoms in total. The second-order valence-corrected chi connectivity index (χ2v) is 14.1. The van der Waals surface area contributed by atoms with E-state index in [2.05, 4.69) is 27.7 Å². The summed E-state index contributed by atoms with van der Waals surface area (Å²) < 4.78 is 37.1. The number of aliphatic hydroxyl groups excluding tert-OH is 1. The van der Waals surface area contributed by atoms with Crippen LogP contribution >= 0.6 is 0 Å². The highest BCUT2D eigenvalue weighted by atomic mass is 16.7. The molecule has 4 fully saturated rings.